The molecule has 0 aromatic heterocycles. The van der Waals surface area contributed by atoms with Crippen LogP contribution in [0.15, 0.2) is 30.3 Å². The SMILES string of the molecule is O=C(NC(Cc1ccccc1)C1CC1)C1CNC1. The number of rotatable bonds is 5. The highest BCUT2D eigenvalue weighted by atomic mass is 16.2. The molecule has 1 atom stereocenters. The molecule has 1 saturated heterocycles. The summed E-state index contributed by atoms with van der Waals surface area (Å²) in [6, 6.07) is 10.8. The third kappa shape index (κ3) is 2.72. The molecule has 2 fully saturated rings. The van der Waals surface area contributed by atoms with E-state index in [1.54, 1.807) is 0 Å². The second-order valence-corrected chi connectivity index (χ2v) is 5.50. The standard InChI is InChI=1S/C15H20N2O/c18-15(13-9-16-10-13)17-14(12-6-7-12)8-11-4-2-1-3-5-11/h1-5,12-14,16H,6-10H2,(H,17,18). The topological polar surface area (TPSA) is 41.1 Å². The highest BCUT2D eigenvalue weighted by molar-refractivity contribution is 5.80. The molecule has 1 aromatic rings. The van der Waals surface area contributed by atoms with Crippen LogP contribution in [0.2, 0.25) is 0 Å². The first kappa shape index (κ1) is 11.7. The minimum Gasteiger partial charge on any atom is -0.352 e. The van der Waals surface area contributed by atoms with Crippen molar-refractivity contribution >= 4 is 5.91 Å². The summed E-state index contributed by atoms with van der Waals surface area (Å²) in [4.78, 5) is 12.0. The van der Waals surface area contributed by atoms with Crippen molar-refractivity contribution in [3.05, 3.63) is 35.9 Å². The summed E-state index contributed by atoms with van der Waals surface area (Å²) in [7, 11) is 0. The lowest BCUT2D eigenvalue weighted by atomic mass is 9.98. The molecule has 3 heteroatoms. The quantitative estimate of drug-likeness (QED) is 0.821. The first-order valence-corrected chi connectivity index (χ1v) is 6.88. The van der Waals surface area contributed by atoms with Gasteiger partial charge in [0, 0.05) is 19.1 Å². The number of hydrogen-bond donors (Lipinski definition) is 2. The van der Waals surface area contributed by atoms with Crippen molar-refractivity contribution in [3.63, 3.8) is 0 Å². The number of amides is 1. The Kier molecular flexibility index (Phi) is 3.33. The van der Waals surface area contributed by atoms with Crippen molar-refractivity contribution in [1.29, 1.82) is 0 Å². The van der Waals surface area contributed by atoms with Crippen molar-refractivity contribution in [1.82, 2.24) is 10.6 Å². The minimum atomic E-state index is 0.196. The maximum Gasteiger partial charge on any atom is 0.225 e. The zero-order valence-electron chi connectivity index (χ0n) is 10.6. The van der Waals surface area contributed by atoms with E-state index in [9.17, 15) is 4.79 Å². The Morgan fingerprint density at radius 1 is 1.28 bits per heavy atom. The van der Waals surface area contributed by atoms with E-state index in [1.807, 2.05) is 6.07 Å². The van der Waals surface area contributed by atoms with Crippen LogP contribution < -0.4 is 10.6 Å². The van der Waals surface area contributed by atoms with Crippen LogP contribution in [0.4, 0.5) is 0 Å². The third-order valence-electron chi connectivity index (χ3n) is 3.97. The van der Waals surface area contributed by atoms with Gasteiger partial charge in [-0.15, -0.1) is 0 Å². The van der Waals surface area contributed by atoms with Crippen molar-refractivity contribution in [2.45, 2.75) is 25.3 Å². The number of carbonyl (C=O) groups is 1. The Labute approximate surface area is 108 Å². The molecule has 18 heavy (non-hydrogen) atoms. The largest absolute Gasteiger partial charge is 0.352 e. The Hall–Kier alpha value is -1.35. The Balaban J connectivity index is 1.59. The van der Waals surface area contributed by atoms with Crippen molar-refractivity contribution < 1.29 is 4.79 Å². The second kappa shape index (κ2) is 5.11. The predicted molar refractivity (Wildman–Crippen MR) is 71.2 cm³/mol. The van der Waals surface area contributed by atoms with Gasteiger partial charge in [0.2, 0.25) is 5.91 Å². The van der Waals surface area contributed by atoms with Crippen molar-refractivity contribution in [3.8, 4) is 0 Å². The number of carbonyl (C=O) groups excluding carboxylic acids is 1. The average Bonchev–Trinajstić information content (AvgIpc) is 3.11. The van der Waals surface area contributed by atoms with E-state index in [1.165, 1.54) is 18.4 Å². The lowest BCUT2D eigenvalue weighted by Gasteiger charge is -2.28. The molecule has 1 saturated carbocycles. The molecule has 1 aromatic carbocycles. The van der Waals surface area contributed by atoms with Gasteiger partial charge < -0.3 is 10.6 Å². The van der Waals surface area contributed by atoms with Gasteiger partial charge in [-0.1, -0.05) is 30.3 Å². The van der Waals surface area contributed by atoms with E-state index in [-0.39, 0.29) is 11.8 Å². The monoisotopic (exact) mass is 244 g/mol. The lowest BCUT2D eigenvalue weighted by molar-refractivity contribution is -0.127. The summed E-state index contributed by atoms with van der Waals surface area (Å²) >= 11 is 0. The fourth-order valence-electron chi connectivity index (χ4n) is 2.48. The zero-order valence-corrected chi connectivity index (χ0v) is 10.6. The average molecular weight is 244 g/mol. The highest BCUT2D eigenvalue weighted by Gasteiger charge is 2.34. The summed E-state index contributed by atoms with van der Waals surface area (Å²) in [6.07, 6.45) is 3.50. The third-order valence-corrected chi connectivity index (χ3v) is 3.97. The number of hydrogen-bond acceptors (Lipinski definition) is 2. The molecule has 0 spiro atoms. The molecule has 2 N–H and O–H groups in total. The smallest absolute Gasteiger partial charge is 0.225 e. The zero-order chi connectivity index (χ0) is 12.4. The summed E-state index contributed by atoms with van der Waals surface area (Å²) in [5.74, 6) is 1.13. The Morgan fingerprint density at radius 3 is 2.56 bits per heavy atom. The summed E-state index contributed by atoms with van der Waals surface area (Å²) in [5, 5.41) is 6.40. The van der Waals surface area contributed by atoms with E-state index >= 15 is 0 Å². The van der Waals surface area contributed by atoms with Gasteiger partial charge in [-0.3, -0.25) is 4.79 Å². The van der Waals surface area contributed by atoms with E-state index in [2.05, 4.69) is 34.9 Å². The van der Waals surface area contributed by atoms with E-state index < -0.39 is 0 Å². The molecule has 1 amide bonds. The van der Waals surface area contributed by atoms with Crippen LogP contribution in [0.5, 0.6) is 0 Å². The maximum absolute atomic E-state index is 12.0. The van der Waals surface area contributed by atoms with E-state index in [0.29, 0.717) is 12.0 Å². The molecule has 1 aliphatic heterocycles. The van der Waals surface area contributed by atoms with Gasteiger partial charge in [-0.25, -0.2) is 0 Å². The van der Waals surface area contributed by atoms with Crippen LogP contribution in [0, 0.1) is 11.8 Å². The molecular formula is C15H20N2O. The maximum atomic E-state index is 12.0. The molecule has 1 unspecified atom stereocenters. The predicted octanol–water partition coefficient (Wildman–Crippen LogP) is 1.34. The molecule has 0 radical (unpaired) electrons. The second-order valence-electron chi connectivity index (χ2n) is 5.50. The summed E-state index contributed by atoms with van der Waals surface area (Å²) < 4.78 is 0. The number of benzene rings is 1. The van der Waals surface area contributed by atoms with Crippen LogP contribution in [-0.2, 0) is 11.2 Å². The van der Waals surface area contributed by atoms with Crippen molar-refractivity contribution in [2.24, 2.45) is 11.8 Å². The summed E-state index contributed by atoms with van der Waals surface area (Å²) in [6.45, 7) is 1.68. The fraction of sp³-hybridized carbons (Fsp3) is 0.533. The molecule has 0 bridgehead atoms. The first-order chi connectivity index (χ1) is 8.83. The Bertz CT molecular complexity index is 410. The van der Waals surface area contributed by atoms with Crippen LogP contribution in [-0.4, -0.2) is 25.0 Å². The lowest BCUT2D eigenvalue weighted by Crippen LogP contribution is -2.53. The Morgan fingerprint density at radius 2 is 2.00 bits per heavy atom. The molecule has 3 rings (SSSR count). The molecule has 3 nitrogen and oxygen atoms in total. The van der Waals surface area contributed by atoms with Gasteiger partial charge in [0.1, 0.15) is 0 Å². The highest BCUT2D eigenvalue weighted by Crippen LogP contribution is 2.34. The van der Waals surface area contributed by atoms with Gasteiger partial charge in [0.15, 0.2) is 0 Å². The fourth-order valence-corrected chi connectivity index (χ4v) is 2.48. The molecular weight excluding hydrogens is 224 g/mol. The van der Waals surface area contributed by atoms with Gasteiger partial charge in [-0.05, 0) is 30.7 Å². The molecule has 1 aliphatic carbocycles. The van der Waals surface area contributed by atoms with Crippen LogP contribution >= 0.6 is 0 Å². The number of nitrogens with one attached hydrogen (secondary N) is 2. The van der Waals surface area contributed by atoms with Gasteiger partial charge >= 0.3 is 0 Å². The first-order valence-electron chi connectivity index (χ1n) is 6.88. The molecule has 2 aliphatic rings. The van der Waals surface area contributed by atoms with Crippen LogP contribution in [0.3, 0.4) is 0 Å². The van der Waals surface area contributed by atoms with E-state index in [0.717, 1.165) is 19.5 Å². The molecule has 1 heterocycles. The summed E-state index contributed by atoms with van der Waals surface area (Å²) in [5.41, 5.74) is 1.32. The van der Waals surface area contributed by atoms with E-state index in [4.69, 9.17) is 0 Å². The van der Waals surface area contributed by atoms with Crippen LogP contribution in [0.25, 0.3) is 0 Å². The normalized spacial score (nSPS) is 21.1. The minimum absolute atomic E-state index is 0.196. The van der Waals surface area contributed by atoms with Gasteiger partial charge in [0.25, 0.3) is 0 Å². The van der Waals surface area contributed by atoms with Crippen LogP contribution in [0.1, 0.15) is 18.4 Å². The van der Waals surface area contributed by atoms with Crippen molar-refractivity contribution in [2.75, 3.05) is 13.1 Å². The van der Waals surface area contributed by atoms with Gasteiger partial charge in [-0.2, -0.15) is 0 Å². The molecule has 96 valence electrons. The van der Waals surface area contributed by atoms with Gasteiger partial charge in [0.05, 0.1) is 5.92 Å².